The summed E-state index contributed by atoms with van der Waals surface area (Å²) in [5, 5.41) is 6.23. The number of rotatable bonds is 8. The summed E-state index contributed by atoms with van der Waals surface area (Å²) < 4.78 is 23.2. The van der Waals surface area contributed by atoms with Crippen molar-refractivity contribution in [2.24, 2.45) is 0 Å². The smallest absolute Gasteiger partial charge is 0.122 e. The monoisotopic (exact) mass is 500 g/mol. The molecule has 3 aromatic rings. The maximum absolute atomic E-state index is 6.48. The Labute approximate surface area is 198 Å². The lowest BCUT2D eigenvalue weighted by Gasteiger charge is -2.11. The maximum atomic E-state index is 6.48. The molecule has 31 heavy (non-hydrogen) atoms. The average Bonchev–Trinajstić information content (AvgIpc) is 3.64. The van der Waals surface area contributed by atoms with Crippen LogP contribution < -0.4 is 9.47 Å². The van der Waals surface area contributed by atoms with Gasteiger partial charge in [-0.1, -0.05) is 46.4 Å². The van der Waals surface area contributed by atoms with Gasteiger partial charge in [-0.2, -0.15) is 5.10 Å². The second-order valence-electron chi connectivity index (χ2n) is 7.18. The Morgan fingerprint density at radius 3 is 1.81 bits per heavy atom. The molecule has 2 unspecified atom stereocenters. The van der Waals surface area contributed by atoms with E-state index in [2.05, 4.69) is 5.10 Å². The Balaban J connectivity index is 1.39. The van der Waals surface area contributed by atoms with Gasteiger partial charge in [-0.15, -0.1) is 0 Å². The van der Waals surface area contributed by atoms with Crippen molar-refractivity contribution in [3.8, 4) is 28.4 Å². The molecule has 0 saturated carbocycles. The van der Waals surface area contributed by atoms with Gasteiger partial charge in [0.2, 0.25) is 0 Å². The van der Waals surface area contributed by atoms with Crippen molar-refractivity contribution in [1.29, 1.82) is 0 Å². The molecule has 2 aliphatic heterocycles. The topological polar surface area (TPSA) is 61.3 Å². The molecule has 1 aromatic heterocycles. The van der Waals surface area contributed by atoms with Crippen LogP contribution in [-0.2, 0) is 9.47 Å². The molecule has 2 aromatic carbocycles. The lowest BCUT2D eigenvalue weighted by Crippen LogP contribution is -2.05. The number of hydrogen-bond acceptors (Lipinski definition) is 5. The summed E-state index contributed by atoms with van der Waals surface area (Å²) in [5.41, 5.74) is 1.69. The fraction of sp³-hybridized carbons (Fsp3) is 0.286. The zero-order chi connectivity index (χ0) is 21.5. The lowest BCUT2D eigenvalue weighted by atomic mass is 10.1. The van der Waals surface area contributed by atoms with Crippen LogP contribution in [0.15, 0.2) is 36.5 Å². The quantitative estimate of drug-likeness (QED) is 0.370. The van der Waals surface area contributed by atoms with E-state index in [1.807, 2.05) is 0 Å². The van der Waals surface area contributed by atoms with E-state index in [0.29, 0.717) is 75.0 Å². The number of ether oxygens (including phenoxy) is 4. The fourth-order valence-corrected chi connectivity index (χ4v) is 4.31. The fourth-order valence-electron chi connectivity index (χ4n) is 3.01. The first-order chi connectivity index (χ1) is 15.0. The van der Waals surface area contributed by atoms with Crippen molar-refractivity contribution in [2.45, 2.75) is 12.2 Å². The van der Waals surface area contributed by atoms with Crippen molar-refractivity contribution in [3.05, 3.63) is 56.6 Å². The molecule has 0 spiro atoms. The van der Waals surface area contributed by atoms with Gasteiger partial charge in [0.05, 0.1) is 39.0 Å². The summed E-state index contributed by atoms with van der Waals surface area (Å²) in [5.74, 6) is 1.15. The first kappa shape index (κ1) is 21.2. The Bertz CT molecular complexity index is 996. The van der Waals surface area contributed by atoms with Crippen molar-refractivity contribution in [3.63, 3.8) is 0 Å². The van der Waals surface area contributed by atoms with Gasteiger partial charge < -0.3 is 18.9 Å². The summed E-state index contributed by atoms with van der Waals surface area (Å²) in [6, 6.07) is 8.59. The predicted molar refractivity (Wildman–Crippen MR) is 120 cm³/mol. The first-order valence-corrected chi connectivity index (χ1v) is 11.0. The number of aromatic nitrogens is 2. The van der Waals surface area contributed by atoms with Crippen molar-refractivity contribution in [1.82, 2.24) is 9.78 Å². The van der Waals surface area contributed by atoms with Crippen LogP contribution in [0.5, 0.6) is 11.5 Å². The zero-order valence-electron chi connectivity index (χ0n) is 16.0. The van der Waals surface area contributed by atoms with Gasteiger partial charge in [0.15, 0.2) is 0 Å². The summed E-state index contributed by atoms with van der Waals surface area (Å²) in [4.78, 5) is 0. The molecule has 0 bridgehead atoms. The highest BCUT2D eigenvalue weighted by molar-refractivity contribution is 6.39. The van der Waals surface area contributed by atoms with Crippen molar-refractivity contribution in [2.75, 3.05) is 26.4 Å². The molecule has 3 heterocycles. The standard InChI is InChI=1S/C21H16Cl4N2O4/c22-15-3-11(28-7-13-9-30-13)4-16(23)20(15)19-1-2-27(26-19)21-17(24)5-12(6-18(21)25)29-8-14-10-31-14/h1-6,13-14H,7-10H2. The highest BCUT2D eigenvalue weighted by Crippen LogP contribution is 2.39. The molecule has 5 rings (SSSR count). The van der Waals surface area contributed by atoms with Gasteiger partial charge in [0.25, 0.3) is 0 Å². The van der Waals surface area contributed by atoms with Crippen LogP contribution in [0.4, 0.5) is 0 Å². The van der Waals surface area contributed by atoms with E-state index in [1.54, 1.807) is 41.2 Å². The number of nitrogens with zero attached hydrogens (tertiary/aromatic N) is 2. The predicted octanol–water partition coefficient (Wildman–Crippen LogP) is 5.71. The van der Waals surface area contributed by atoms with Gasteiger partial charge in [-0.3, -0.25) is 0 Å². The second kappa shape index (κ2) is 8.70. The second-order valence-corrected chi connectivity index (χ2v) is 8.80. The summed E-state index contributed by atoms with van der Waals surface area (Å²) in [6.07, 6.45) is 2.02. The molecule has 2 atom stereocenters. The van der Waals surface area contributed by atoms with Crippen LogP contribution in [0.1, 0.15) is 0 Å². The Morgan fingerprint density at radius 1 is 0.839 bits per heavy atom. The molecule has 0 amide bonds. The number of halogens is 4. The minimum absolute atomic E-state index is 0.138. The van der Waals surface area contributed by atoms with E-state index in [0.717, 1.165) is 0 Å². The van der Waals surface area contributed by atoms with Crippen LogP contribution in [0.3, 0.4) is 0 Å². The van der Waals surface area contributed by atoms with Crippen LogP contribution in [0, 0.1) is 0 Å². The third kappa shape index (κ3) is 4.90. The third-order valence-electron chi connectivity index (χ3n) is 4.76. The van der Waals surface area contributed by atoms with Crippen molar-refractivity contribution < 1.29 is 18.9 Å². The molecule has 6 nitrogen and oxygen atoms in total. The van der Waals surface area contributed by atoms with Crippen LogP contribution in [-0.4, -0.2) is 48.4 Å². The molecule has 2 saturated heterocycles. The zero-order valence-corrected chi connectivity index (χ0v) is 19.0. The normalized spacial score (nSPS) is 19.4. The van der Waals surface area contributed by atoms with E-state index >= 15 is 0 Å². The highest BCUT2D eigenvalue weighted by atomic mass is 35.5. The van der Waals surface area contributed by atoms with E-state index in [1.165, 1.54) is 0 Å². The molecule has 0 radical (unpaired) electrons. The van der Waals surface area contributed by atoms with E-state index in [-0.39, 0.29) is 12.2 Å². The molecular formula is C21H16Cl4N2O4. The van der Waals surface area contributed by atoms with Gasteiger partial charge in [0.1, 0.15) is 42.6 Å². The minimum atomic E-state index is 0.138. The first-order valence-electron chi connectivity index (χ1n) is 9.51. The number of benzene rings is 2. The Hall–Kier alpha value is -1.67. The Kier molecular flexibility index (Phi) is 5.94. The Morgan fingerprint density at radius 2 is 1.32 bits per heavy atom. The molecule has 0 N–H and O–H groups in total. The molecule has 2 aliphatic rings. The van der Waals surface area contributed by atoms with E-state index in [4.69, 9.17) is 65.4 Å². The third-order valence-corrected chi connectivity index (χ3v) is 5.93. The van der Waals surface area contributed by atoms with Crippen LogP contribution in [0.2, 0.25) is 20.1 Å². The largest absolute Gasteiger partial charge is 0.491 e. The van der Waals surface area contributed by atoms with Gasteiger partial charge in [-0.05, 0) is 18.2 Å². The van der Waals surface area contributed by atoms with E-state index in [9.17, 15) is 0 Å². The molecular weight excluding hydrogens is 486 g/mol. The minimum Gasteiger partial charge on any atom is -0.491 e. The number of hydrogen-bond donors (Lipinski definition) is 0. The molecule has 162 valence electrons. The van der Waals surface area contributed by atoms with E-state index < -0.39 is 0 Å². The van der Waals surface area contributed by atoms with Crippen molar-refractivity contribution >= 4 is 46.4 Å². The van der Waals surface area contributed by atoms with Gasteiger partial charge in [0, 0.05) is 23.9 Å². The molecule has 10 heteroatoms. The number of epoxide rings is 2. The summed E-state index contributed by atoms with van der Waals surface area (Å²) >= 11 is 25.9. The highest BCUT2D eigenvalue weighted by Gasteiger charge is 2.25. The van der Waals surface area contributed by atoms with Gasteiger partial charge >= 0.3 is 0 Å². The summed E-state index contributed by atoms with van der Waals surface area (Å²) in [6.45, 7) is 2.35. The molecule has 0 aliphatic carbocycles. The van der Waals surface area contributed by atoms with Gasteiger partial charge in [-0.25, -0.2) is 4.68 Å². The SMILES string of the molecule is Clc1cc(OCC2CO2)cc(Cl)c1-c1ccn(-c2c(Cl)cc(OCC3CO3)cc2Cl)n1. The average molecular weight is 502 g/mol. The van der Waals surface area contributed by atoms with Crippen LogP contribution in [0.25, 0.3) is 16.9 Å². The summed E-state index contributed by atoms with van der Waals surface area (Å²) in [7, 11) is 0. The lowest BCUT2D eigenvalue weighted by molar-refractivity contribution is 0.263. The van der Waals surface area contributed by atoms with Crippen LogP contribution >= 0.6 is 46.4 Å². The maximum Gasteiger partial charge on any atom is 0.122 e. The molecule has 2 fully saturated rings.